The monoisotopic (exact) mass is 516 g/mol. The third-order valence-corrected chi connectivity index (χ3v) is 6.32. The van der Waals surface area contributed by atoms with Crippen molar-refractivity contribution in [1.29, 1.82) is 5.41 Å². The number of ether oxygens (including phenoxy) is 1. The summed E-state index contributed by atoms with van der Waals surface area (Å²) in [5.41, 5.74) is 4.19. The highest BCUT2D eigenvalue weighted by Crippen LogP contribution is 2.21. The van der Waals surface area contributed by atoms with Crippen LogP contribution in [-0.2, 0) is 4.74 Å². The molecule has 0 spiro atoms. The number of pyridine rings is 1. The van der Waals surface area contributed by atoms with E-state index in [0.29, 0.717) is 54.7 Å². The summed E-state index contributed by atoms with van der Waals surface area (Å²) in [4.78, 5) is 28.4. The molecule has 0 atom stereocenters. The molecule has 0 saturated carbocycles. The third kappa shape index (κ3) is 6.47. The first-order valence-electron chi connectivity index (χ1n) is 12.6. The fourth-order valence-electron chi connectivity index (χ4n) is 4.09. The number of imidazole rings is 1. The van der Waals surface area contributed by atoms with E-state index in [1.165, 1.54) is 0 Å². The number of amides is 1. The first-order chi connectivity index (χ1) is 19.1. The van der Waals surface area contributed by atoms with Crippen LogP contribution in [0, 0.1) is 17.3 Å². The maximum atomic E-state index is 12.6. The molecule has 2 aromatic carbocycles. The number of nitrogens with zero attached hydrogens (tertiary/aromatic N) is 4. The Hall–Kier alpha value is -5.00. The molecule has 39 heavy (non-hydrogen) atoms. The summed E-state index contributed by atoms with van der Waals surface area (Å²) < 4.78 is 5.31. The lowest BCUT2D eigenvalue weighted by molar-refractivity contribution is 0.0303. The zero-order valence-electron chi connectivity index (χ0n) is 21.6. The Morgan fingerprint density at radius 2 is 1.77 bits per heavy atom. The summed E-state index contributed by atoms with van der Waals surface area (Å²) in [5.74, 6) is 7.65. The van der Waals surface area contributed by atoms with Gasteiger partial charge in [0, 0.05) is 43.1 Å². The Labute approximate surface area is 227 Å². The minimum absolute atomic E-state index is 0.0117. The fraction of sp³-hybridized carbons (Fsp3) is 0.161. The predicted octanol–water partition coefficient (Wildman–Crippen LogP) is 4.53. The van der Waals surface area contributed by atoms with Gasteiger partial charge in [0.2, 0.25) is 0 Å². The smallest absolute Gasteiger partial charge is 0.254 e. The molecule has 5 rings (SSSR count). The SMILES string of the molecule is CN(c1ccccc1)c1cc(C#Cc2cnc(/C=C\C(=N)c3ccc(C(=O)N4CCOCC4)cc3)[nH]2)ccn1. The molecule has 1 fully saturated rings. The van der Waals surface area contributed by atoms with Gasteiger partial charge in [-0.2, -0.15) is 0 Å². The summed E-state index contributed by atoms with van der Waals surface area (Å²) in [5, 5.41) is 8.39. The molecule has 1 amide bonds. The van der Waals surface area contributed by atoms with E-state index in [2.05, 4.69) is 26.8 Å². The second-order valence-electron chi connectivity index (χ2n) is 8.96. The van der Waals surface area contributed by atoms with Crippen molar-refractivity contribution in [3.05, 3.63) is 113 Å². The van der Waals surface area contributed by atoms with E-state index in [9.17, 15) is 4.79 Å². The third-order valence-electron chi connectivity index (χ3n) is 6.32. The highest BCUT2D eigenvalue weighted by Gasteiger charge is 2.18. The molecule has 2 N–H and O–H groups in total. The van der Waals surface area contributed by atoms with E-state index in [-0.39, 0.29) is 5.91 Å². The van der Waals surface area contributed by atoms with E-state index in [4.69, 9.17) is 10.1 Å². The summed E-state index contributed by atoms with van der Waals surface area (Å²) in [6.45, 7) is 2.33. The maximum absolute atomic E-state index is 12.6. The van der Waals surface area contributed by atoms with Crippen LogP contribution in [0.2, 0.25) is 0 Å². The van der Waals surface area contributed by atoms with Crippen LogP contribution >= 0.6 is 0 Å². The number of allylic oxidation sites excluding steroid dienone is 1. The molecule has 2 aromatic heterocycles. The number of carbonyl (C=O) groups is 1. The molecule has 194 valence electrons. The van der Waals surface area contributed by atoms with E-state index in [1.54, 1.807) is 53.7 Å². The number of para-hydroxylation sites is 1. The van der Waals surface area contributed by atoms with Crippen LogP contribution in [0.1, 0.15) is 33.0 Å². The van der Waals surface area contributed by atoms with Crippen molar-refractivity contribution >= 4 is 29.2 Å². The van der Waals surface area contributed by atoms with E-state index >= 15 is 0 Å². The Morgan fingerprint density at radius 1 is 1.03 bits per heavy atom. The maximum Gasteiger partial charge on any atom is 0.254 e. The topological polar surface area (TPSA) is 98.2 Å². The number of morpholine rings is 1. The van der Waals surface area contributed by atoms with Crippen molar-refractivity contribution in [2.75, 3.05) is 38.3 Å². The lowest BCUT2D eigenvalue weighted by Crippen LogP contribution is -2.40. The van der Waals surface area contributed by atoms with Crippen molar-refractivity contribution in [2.24, 2.45) is 0 Å². The zero-order chi connectivity index (χ0) is 27.0. The average Bonchev–Trinajstić information content (AvgIpc) is 3.47. The highest BCUT2D eigenvalue weighted by molar-refractivity contribution is 6.09. The first-order valence-corrected chi connectivity index (χ1v) is 12.6. The average molecular weight is 517 g/mol. The molecular weight excluding hydrogens is 488 g/mol. The second kappa shape index (κ2) is 12.0. The van der Waals surface area contributed by atoms with Gasteiger partial charge in [-0.25, -0.2) is 9.97 Å². The predicted molar refractivity (Wildman–Crippen MR) is 152 cm³/mol. The van der Waals surface area contributed by atoms with Crippen LogP contribution < -0.4 is 4.90 Å². The van der Waals surface area contributed by atoms with E-state index in [1.807, 2.05) is 54.4 Å². The van der Waals surface area contributed by atoms with E-state index in [0.717, 1.165) is 17.1 Å². The Morgan fingerprint density at radius 3 is 2.54 bits per heavy atom. The van der Waals surface area contributed by atoms with Crippen molar-refractivity contribution in [3.8, 4) is 11.8 Å². The van der Waals surface area contributed by atoms with Crippen molar-refractivity contribution in [2.45, 2.75) is 0 Å². The zero-order valence-corrected chi connectivity index (χ0v) is 21.6. The van der Waals surface area contributed by atoms with Crippen molar-refractivity contribution < 1.29 is 9.53 Å². The normalized spacial score (nSPS) is 13.1. The van der Waals surface area contributed by atoms with Gasteiger partial charge in [0.1, 0.15) is 17.3 Å². The Bertz CT molecular complexity index is 1540. The molecular formula is C31H28N6O2. The number of hydrogen-bond donors (Lipinski definition) is 2. The van der Waals surface area contributed by atoms with Crippen LogP contribution in [0.15, 0.2) is 85.2 Å². The minimum atomic E-state index is -0.0117. The van der Waals surface area contributed by atoms with Crippen LogP contribution in [0.5, 0.6) is 0 Å². The quantitative estimate of drug-likeness (QED) is 0.290. The molecule has 1 aliphatic rings. The lowest BCUT2D eigenvalue weighted by atomic mass is 10.1. The number of rotatable bonds is 6. The van der Waals surface area contributed by atoms with Gasteiger partial charge in [-0.3, -0.25) is 4.79 Å². The van der Waals surface area contributed by atoms with Gasteiger partial charge in [-0.15, -0.1) is 0 Å². The summed E-state index contributed by atoms with van der Waals surface area (Å²) in [6, 6.07) is 20.9. The second-order valence-corrected chi connectivity index (χ2v) is 8.96. The molecule has 8 heteroatoms. The molecule has 0 aliphatic carbocycles. The minimum Gasteiger partial charge on any atom is -0.378 e. The van der Waals surface area contributed by atoms with Crippen molar-refractivity contribution in [1.82, 2.24) is 19.9 Å². The van der Waals surface area contributed by atoms with Gasteiger partial charge < -0.3 is 24.9 Å². The van der Waals surface area contributed by atoms with E-state index < -0.39 is 0 Å². The van der Waals surface area contributed by atoms with Gasteiger partial charge in [-0.05, 0) is 60.0 Å². The van der Waals surface area contributed by atoms with Crippen LogP contribution in [0.4, 0.5) is 11.5 Å². The highest BCUT2D eigenvalue weighted by atomic mass is 16.5. The molecule has 8 nitrogen and oxygen atoms in total. The lowest BCUT2D eigenvalue weighted by Gasteiger charge is -2.26. The summed E-state index contributed by atoms with van der Waals surface area (Å²) >= 11 is 0. The van der Waals surface area contributed by atoms with Gasteiger partial charge in [0.15, 0.2) is 0 Å². The Balaban J connectivity index is 1.20. The van der Waals surface area contributed by atoms with Crippen molar-refractivity contribution in [3.63, 3.8) is 0 Å². The van der Waals surface area contributed by atoms with Crippen LogP contribution in [0.3, 0.4) is 0 Å². The molecule has 1 aliphatic heterocycles. The molecule has 3 heterocycles. The standard InChI is InChI=1S/C31H28N6O2/c1-36(27-5-3-2-4-6-27)30-21-23(15-16-33-30)7-12-26-22-34-29(35-26)14-13-28(32)24-8-10-25(11-9-24)31(38)37-17-19-39-20-18-37/h2-6,8-11,13-16,21-22,32H,17-20H2,1H3,(H,34,35)/b14-13-,32-28?. The number of hydrogen-bond acceptors (Lipinski definition) is 6. The number of nitrogens with one attached hydrogen (secondary N) is 2. The molecule has 0 radical (unpaired) electrons. The van der Waals surface area contributed by atoms with Crippen LogP contribution in [0.25, 0.3) is 6.08 Å². The summed E-state index contributed by atoms with van der Waals surface area (Å²) in [6.07, 6.45) is 6.82. The molecule has 1 saturated heterocycles. The van der Waals surface area contributed by atoms with Gasteiger partial charge >= 0.3 is 0 Å². The van der Waals surface area contributed by atoms with Gasteiger partial charge in [0.05, 0.1) is 25.1 Å². The number of anilines is 2. The van der Waals surface area contributed by atoms with Gasteiger partial charge in [-0.1, -0.05) is 36.3 Å². The molecule has 4 aromatic rings. The Kier molecular flexibility index (Phi) is 7.91. The number of carbonyl (C=O) groups excluding carboxylic acids is 1. The number of benzene rings is 2. The van der Waals surface area contributed by atoms with Crippen LogP contribution in [-0.4, -0.2) is 64.8 Å². The molecule has 0 bridgehead atoms. The largest absolute Gasteiger partial charge is 0.378 e. The first kappa shape index (κ1) is 25.6. The van der Waals surface area contributed by atoms with Gasteiger partial charge in [0.25, 0.3) is 5.91 Å². The number of aromatic amines is 1. The summed E-state index contributed by atoms with van der Waals surface area (Å²) in [7, 11) is 1.97. The molecule has 0 unspecified atom stereocenters. The number of aromatic nitrogens is 3. The fourth-order valence-corrected chi connectivity index (χ4v) is 4.09. The number of H-pyrrole nitrogens is 1.